The maximum atomic E-state index is 14.2. The van der Waals surface area contributed by atoms with Crippen LogP contribution in [-0.2, 0) is 0 Å². The van der Waals surface area contributed by atoms with Gasteiger partial charge in [-0.15, -0.1) is 0 Å². The van der Waals surface area contributed by atoms with Gasteiger partial charge in [-0.25, -0.2) is 13.6 Å². The van der Waals surface area contributed by atoms with Gasteiger partial charge in [0.2, 0.25) is 0 Å². The van der Waals surface area contributed by atoms with Crippen molar-refractivity contribution >= 4 is 34.2 Å². The molecule has 4 nitrogen and oxygen atoms in total. The lowest BCUT2D eigenvalue weighted by Gasteiger charge is -2.29. The number of rotatable bonds is 3. The molecular formula is C20H17ClF2N2O2. The average Bonchev–Trinajstić information content (AvgIpc) is 2.97. The zero-order valence-electron chi connectivity index (χ0n) is 14.4. The summed E-state index contributed by atoms with van der Waals surface area (Å²) >= 11 is 5.98. The average molecular weight is 391 g/mol. The van der Waals surface area contributed by atoms with Gasteiger partial charge in [-0.3, -0.25) is 0 Å². The molecule has 0 unspecified atom stereocenters. The van der Waals surface area contributed by atoms with Crippen LogP contribution in [0.4, 0.5) is 14.5 Å². The van der Waals surface area contributed by atoms with Crippen LogP contribution in [0.5, 0.6) is 0 Å². The Morgan fingerprint density at radius 1 is 1.07 bits per heavy atom. The van der Waals surface area contributed by atoms with E-state index in [1.807, 2.05) is 4.90 Å². The van der Waals surface area contributed by atoms with Crippen molar-refractivity contribution < 1.29 is 18.7 Å². The normalized spacial score (nSPS) is 14.7. The van der Waals surface area contributed by atoms with Gasteiger partial charge in [-0.1, -0.05) is 17.7 Å². The maximum Gasteiger partial charge on any atom is 0.355 e. The number of nitrogens with zero attached hydrogens (tertiary/aromatic N) is 2. The van der Waals surface area contributed by atoms with Gasteiger partial charge in [0, 0.05) is 24.2 Å². The second-order valence-electron chi connectivity index (χ2n) is 6.65. The third kappa shape index (κ3) is 3.04. The van der Waals surface area contributed by atoms with E-state index in [1.165, 1.54) is 34.9 Å². The molecule has 0 bridgehead atoms. The second-order valence-corrected chi connectivity index (χ2v) is 7.06. The molecule has 2 aromatic carbocycles. The van der Waals surface area contributed by atoms with Gasteiger partial charge in [0.25, 0.3) is 0 Å². The van der Waals surface area contributed by atoms with Crippen molar-refractivity contribution in [3.8, 4) is 5.69 Å². The lowest BCUT2D eigenvalue weighted by atomic mass is 10.1. The number of hydrogen-bond donors (Lipinski definition) is 1. The van der Waals surface area contributed by atoms with Crippen molar-refractivity contribution in [2.75, 3.05) is 18.0 Å². The number of halogens is 3. The maximum absolute atomic E-state index is 14.2. The topological polar surface area (TPSA) is 45.5 Å². The van der Waals surface area contributed by atoms with Gasteiger partial charge in [0.15, 0.2) is 5.69 Å². The minimum absolute atomic E-state index is 0.0147. The van der Waals surface area contributed by atoms with Crippen molar-refractivity contribution in [1.29, 1.82) is 0 Å². The van der Waals surface area contributed by atoms with Crippen LogP contribution in [0.1, 0.15) is 29.8 Å². The van der Waals surface area contributed by atoms with Gasteiger partial charge in [-0.2, -0.15) is 0 Å². The molecule has 2 heterocycles. The quantitative estimate of drug-likeness (QED) is 0.664. The Kier molecular flexibility index (Phi) is 4.52. The zero-order valence-corrected chi connectivity index (χ0v) is 15.1. The molecule has 0 radical (unpaired) electrons. The number of aromatic carboxylic acids is 1. The molecule has 1 saturated heterocycles. The second kappa shape index (κ2) is 6.85. The summed E-state index contributed by atoms with van der Waals surface area (Å²) in [6.45, 7) is 1.37. The van der Waals surface area contributed by atoms with Crippen molar-refractivity contribution in [2.24, 2.45) is 0 Å². The molecule has 7 heteroatoms. The SMILES string of the molecule is O=C(O)c1c(N2CCCCC2)c2cc(F)c(Cl)cc2n1-c1cccc(F)c1. The summed E-state index contributed by atoms with van der Waals surface area (Å²) in [4.78, 5) is 14.2. The highest BCUT2D eigenvalue weighted by Crippen LogP contribution is 2.39. The first kappa shape index (κ1) is 17.8. The monoisotopic (exact) mass is 390 g/mol. The van der Waals surface area contributed by atoms with E-state index in [1.54, 1.807) is 6.07 Å². The summed E-state index contributed by atoms with van der Waals surface area (Å²) in [5.41, 5.74) is 1.23. The minimum atomic E-state index is -1.16. The van der Waals surface area contributed by atoms with E-state index in [4.69, 9.17) is 11.6 Å². The highest BCUT2D eigenvalue weighted by atomic mass is 35.5. The van der Waals surface area contributed by atoms with Crippen molar-refractivity contribution in [2.45, 2.75) is 19.3 Å². The number of aromatic nitrogens is 1. The first-order chi connectivity index (χ1) is 13.0. The van der Waals surface area contributed by atoms with E-state index < -0.39 is 17.6 Å². The molecule has 0 atom stereocenters. The minimum Gasteiger partial charge on any atom is -0.476 e. The number of carboxylic acids is 1. The van der Waals surface area contributed by atoms with E-state index in [2.05, 4.69) is 0 Å². The van der Waals surface area contributed by atoms with Crippen LogP contribution < -0.4 is 4.90 Å². The first-order valence-corrected chi connectivity index (χ1v) is 9.13. The first-order valence-electron chi connectivity index (χ1n) is 8.75. The highest BCUT2D eigenvalue weighted by Gasteiger charge is 2.29. The molecule has 4 rings (SSSR count). The predicted octanol–water partition coefficient (Wildman–Crippen LogP) is 5.25. The van der Waals surface area contributed by atoms with Gasteiger partial charge in [-0.05, 0) is 49.6 Å². The Hall–Kier alpha value is -2.60. The number of fused-ring (bicyclic) bond motifs is 1. The van der Waals surface area contributed by atoms with Crippen LogP contribution in [0.15, 0.2) is 36.4 Å². The van der Waals surface area contributed by atoms with Gasteiger partial charge in [0.05, 0.1) is 16.2 Å². The summed E-state index contributed by atoms with van der Waals surface area (Å²) in [6, 6.07) is 8.33. The molecule has 27 heavy (non-hydrogen) atoms. The number of anilines is 1. The predicted molar refractivity (Wildman–Crippen MR) is 101 cm³/mol. The van der Waals surface area contributed by atoms with E-state index in [0.717, 1.165) is 19.3 Å². The number of piperidine rings is 1. The van der Waals surface area contributed by atoms with Crippen LogP contribution in [0.25, 0.3) is 16.6 Å². The molecule has 1 aromatic heterocycles. The fourth-order valence-electron chi connectivity index (χ4n) is 3.78. The molecule has 0 amide bonds. The smallest absolute Gasteiger partial charge is 0.355 e. The molecule has 1 aliphatic heterocycles. The van der Waals surface area contributed by atoms with Crippen LogP contribution in [0.3, 0.4) is 0 Å². The van der Waals surface area contributed by atoms with Crippen LogP contribution in [0.2, 0.25) is 5.02 Å². The zero-order chi connectivity index (χ0) is 19.1. The molecule has 1 aliphatic rings. The van der Waals surface area contributed by atoms with Crippen LogP contribution >= 0.6 is 11.6 Å². The molecule has 1 fully saturated rings. The van der Waals surface area contributed by atoms with Crippen molar-refractivity contribution in [3.63, 3.8) is 0 Å². The number of benzene rings is 2. The fraction of sp³-hybridized carbons (Fsp3) is 0.250. The Labute approximate surface area is 159 Å². The van der Waals surface area contributed by atoms with Gasteiger partial charge < -0.3 is 14.6 Å². The Bertz CT molecular complexity index is 1040. The highest BCUT2D eigenvalue weighted by molar-refractivity contribution is 6.31. The standard InChI is InChI=1S/C20H17ClF2N2O2/c21-15-11-17-14(10-16(15)23)18(24-7-2-1-3-8-24)19(20(26)27)25(17)13-6-4-5-12(22)9-13/h4-6,9-11H,1-3,7-8H2,(H,26,27). The van der Waals surface area contributed by atoms with Crippen LogP contribution in [-0.4, -0.2) is 28.7 Å². The summed E-state index contributed by atoms with van der Waals surface area (Å²) < 4.78 is 29.5. The number of hydrogen-bond acceptors (Lipinski definition) is 2. The Morgan fingerprint density at radius 2 is 1.81 bits per heavy atom. The summed E-state index contributed by atoms with van der Waals surface area (Å²) in [7, 11) is 0. The molecule has 1 N–H and O–H groups in total. The Morgan fingerprint density at radius 3 is 2.48 bits per heavy atom. The molecule has 0 spiro atoms. The van der Waals surface area contributed by atoms with Crippen molar-refractivity contribution in [3.05, 3.63) is 58.7 Å². The molecular weight excluding hydrogens is 374 g/mol. The van der Waals surface area contributed by atoms with E-state index in [-0.39, 0.29) is 10.7 Å². The van der Waals surface area contributed by atoms with Crippen molar-refractivity contribution in [1.82, 2.24) is 4.57 Å². The summed E-state index contributed by atoms with van der Waals surface area (Å²) in [5, 5.41) is 10.3. The summed E-state index contributed by atoms with van der Waals surface area (Å²) in [5.74, 6) is -2.26. The van der Waals surface area contributed by atoms with E-state index >= 15 is 0 Å². The molecule has 140 valence electrons. The third-order valence-corrected chi connectivity index (χ3v) is 5.21. The number of carboxylic acid groups (broad SMARTS) is 1. The number of carbonyl (C=O) groups is 1. The fourth-order valence-corrected chi connectivity index (χ4v) is 3.94. The largest absolute Gasteiger partial charge is 0.476 e. The van der Waals surface area contributed by atoms with E-state index in [0.29, 0.717) is 35.4 Å². The summed E-state index contributed by atoms with van der Waals surface area (Å²) in [6.07, 6.45) is 2.94. The van der Waals surface area contributed by atoms with Gasteiger partial charge in [0.1, 0.15) is 11.6 Å². The van der Waals surface area contributed by atoms with Gasteiger partial charge >= 0.3 is 5.97 Å². The Balaban J connectivity index is 2.10. The third-order valence-electron chi connectivity index (χ3n) is 4.92. The molecule has 0 aliphatic carbocycles. The molecule has 3 aromatic rings. The lowest BCUT2D eigenvalue weighted by molar-refractivity contribution is 0.0689. The lowest BCUT2D eigenvalue weighted by Crippen LogP contribution is -2.30. The van der Waals surface area contributed by atoms with Crippen LogP contribution in [0, 0.1) is 11.6 Å². The van der Waals surface area contributed by atoms with E-state index in [9.17, 15) is 18.7 Å². The molecule has 0 saturated carbocycles.